The van der Waals surface area contributed by atoms with Crippen molar-refractivity contribution in [3.63, 3.8) is 0 Å². The summed E-state index contributed by atoms with van der Waals surface area (Å²) < 4.78 is 22.7. The second-order valence-corrected chi connectivity index (χ2v) is 6.22. The van der Waals surface area contributed by atoms with Crippen LogP contribution < -0.4 is 0 Å². The number of hydrogen-bond acceptors (Lipinski definition) is 4. The number of aliphatic hydroxyl groups excluding tert-OH is 1. The average molecular weight is 266 g/mol. The Labute approximate surface area is 105 Å². The Kier molecular flexibility index (Phi) is 9.15. The van der Waals surface area contributed by atoms with Gasteiger partial charge in [0.2, 0.25) is 0 Å². The molecule has 2 atom stereocenters. The van der Waals surface area contributed by atoms with E-state index >= 15 is 0 Å². The highest BCUT2D eigenvalue weighted by Gasteiger charge is 2.38. The summed E-state index contributed by atoms with van der Waals surface area (Å²) >= 11 is 0. The molecule has 0 aliphatic rings. The van der Waals surface area contributed by atoms with E-state index < -0.39 is 13.4 Å². The Hall–Kier alpha value is 0.110. The van der Waals surface area contributed by atoms with E-state index in [-0.39, 0.29) is 5.92 Å². The van der Waals surface area contributed by atoms with Crippen molar-refractivity contribution in [3.8, 4) is 0 Å². The summed E-state index contributed by atoms with van der Waals surface area (Å²) in [7, 11) is -3.37. The van der Waals surface area contributed by atoms with Gasteiger partial charge in [0.1, 0.15) is 0 Å². The Balaban J connectivity index is 4.65. The monoisotopic (exact) mass is 266 g/mol. The maximum atomic E-state index is 12.4. The van der Waals surface area contributed by atoms with E-state index in [9.17, 15) is 9.67 Å². The van der Waals surface area contributed by atoms with E-state index in [0.29, 0.717) is 13.2 Å². The first-order chi connectivity index (χ1) is 8.05. The van der Waals surface area contributed by atoms with Gasteiger partial charge in [-0.15, -0.1) is 0 Å². The number of aliphatic hydroxyl groups is 1. The lowest BCUT2D eigenvalue weighted by molar-refractivity contribution is 0.106. The lowest BCUT2D eigenvalue weighted by Gasteiger charge is -2.28. The normalized spacial score (nSPS) is 15.8. The van der Waals surface area contributed by atoms with Crippen molar-refractivity contribution in [3.05, 3.63) is 0 Å². The van der Waals surface area contributed by atoms with E-state index in [1.165, 1.54) is 0 Å². The van der Waals surface area contributed by atoms with Crippen LogP contribution in [0, 0.1) is 5.92 Å². The second-order valence-electron chi connectivity index (χ2n) is 4.10. The van der Waals surface area contributed by atoms with Gasteiger partial charge in [-0.1, -0.05) is 33.1 Å². The zero-order valence-electron chi connectivity index (χ0n) is 11.5. The van der Waals surface area contributed by atoms with Gasteiger partial charge in [0.05, 0.1) is 13.2 Å². The van der Waals surface area contributed by atoms with Gasteiger partial charge in [0, 0.05) is 0 Å². The molecule has 0 spiro atoms. The smallest absolute Gasteiger partial charge is 0.359 e. The van der Waals surface area contributed by atoms with Crippen LogP contribution in [0.3, 0.4) is 0 Å². The minimum Gasteiger partial charge on any atom is -0.380 e. The van der Waals surface area contributed by atoms with Crippen LogP contribution >= 0.6 is 7.60 Å². The molecule has 0 saturated carbocycles. The van der Waals surface area contributed by atoms with Gasteiger partial charge < -0.3 is 14.2 Å². The lowest BCUT2D eigenvalue weighted by Crippen LogP contribution is -2.22. The van der Waals surface area contributed by atoms with Crippen molar-refractivity contribution in [2.24, 2.45) is 5.92 Å². The molecule has 0 saturated heterocycles. The molecule has 0 aliphatic carbocycles. The Morgan fingerprint density at radius 1 is 1.12 bits per heavy atom. The molecule has 0 heterocycles. The topological polar surface area (TPSA) is 55.8 Å². The fourth-order valence-corrected chi connectivity index (χ4v) is 3.81. The molecular formula is C12H27O4P. The highest BCUT2D eigenvalue weighted by molar-refractivity contribution is 7.54. The van der Waals surface area contributed by atoms with Crippen molar-refractivity contribution in [2.45, 2.75) is 59.2 Å². The van der Waals surface area contributed by atoms with Gasteiger partial charge >= 0.3 is 7.60 Å². The molecule has 0 fully saturated rings. The quantitative estimate of drug-likeness (QED) is 0.611. The van der Waals surface area contributed by atoms with Gasteiger partial charge in [0.15, 0.2) is 5.85 Å². The molecule has 0 amide bonds. The highest BCUT2D eigenvalue weighted by Crippen LogP contribution is 2.55. The van der Waals surface area contributed by atoms with E-state index in [0.717, 1.165) is 25.7 Å². The van der Waals surface area contributed by atoms with Crippen LogP contribution in [0.1, 0.15) is 53.4 Å². The first-order valence-corrected chi connectivity index (χ1v) is 8.23. The third kappa shape index (κ3) is 5.52. The SMILES string of the molecule is CCCC[C@@H](CC)[C@H](O)P(=O)(OCC)OCC. The summed E-state index contributed by atoms with van der Waals surface area (Å²) in [5.41, 5.74) is 0. The molecule has 17 heavy (non-hydrogen) atoms. The fraction of sp³-hybridized carbons (Fsp3) is 1.00. The first kappa shape index (κ1) is 17.1. The van der Waals surface area contributed by atoms with Crippen molar-refractivity contribution in [1.82, 2.24) is 0 Å². The van der Waals surface area contributed by atoms with Crippen LogP contribution in [-0.4, -0.2) is 24.2 Å². The third-order valence-corrected chi connectivity index (χ3v) is 5.12. The van der Waals surface area contributed by atoms with Gasteiger partial charge in [-0.2, -0.15) is 0 Å². The van der Waals surface area contributed by atoms with Crippen LogP contribution in [-0.2, 0) is 13.6 Å². The summed E-state index contributed by atoms with van der Waals surface area (Å²) in [6.45, 7) is 8.18. The molecule has 0 aromatic rings. The number of unbranched alkanes of at least 4 members (excludes halogenated alkanes) is 1. The van der Waals surface area contributed by atoms with Gasteiger partial charge in [-0.3, -0.25) is 4.57 Å². The standard InChI is InChI=1S/C12H27O4P/c1-5-9-10-11(6-2)12(13)17(14,15-7-3)16-8-4/h11-13H,5-10H2,1-4H3/t11-,12-/m1/s1. The summed E-state index contributed by atoms with van der Waals surface area (Å²) in [6, 6.07) is 0. The Bertz CT molecular complexity index is 223. The number of rotatable bonds is 10. The Morgan fingerprint density at radius 2 is 1.65 bits per heavy atom. The van der Waals surface area contributed by atoms with Crippen LogP contribution in [0.4, 0.5) is 0 Å². The maximum Gasteiger partial charge on any atom is 0.359 e. The van der Waals surface area contributed by atoms with Gasteiger partial charge in [-0.25, -0.2) is 0 Å². The fourth-order valence-electron chi connectivity index (χ4n) is 1.84. The molecular weight excluding hydrogens is 239 g/mol. The molecule has 0 aliphatic heterocycles. The third-order valence-electron chi connectivity index (χ3n) is 2.82. The van der Waals surface area contributed by atoms with Crippen LogP contribution in [0.15, 0.2) is 0 Å². The van der Waals surface area contributed by atoms with Crippen molar-refractivity contribution < 1.29 is 18.7 Å². The molecule has 4 nitrogen and oxygen atoms in total. The Morgan fingerprint density at radius 3 is 2.00 bits per heavy atom. The second kappa shape index (κ2) is 9.09. The summed E-state index contributed by atoms with van der Waals surface area (Å²) in [4.78, 5) is 0. The summed E-state index contributed by atoms with van der Waals surface area (Å²) in [5, 5.41) is 10.2. The molecule has 5 heteroatoms. The molecule has 0 aromatic heterocycles. The predicted octanol–water partition coefficient (Wildman–Crippen LogP) is 3.79. The largest absolute Gasteiger partial charge is 0.380 e. The minimum atomic E-state index is -3.37. The van der Waals surface area contributed by atoms with Crippen LogP contribution in [0.5, 0.6) is 0 Å². The molecule has 1 N–H and O–H groups in total. The average Bonchev–Trinajstić information content (AvgIpc) is 2.30. The molecule has 0 bridgehead atoms. The molecule has 0 radical (unpaired) electrons. The molecule has 0 unspecified atom stereocenters. The minimum absolute atomic E-state index is 0.0149. The molecule has 0 aromatic carbocycles. The van der Waals surface area contributed by atoms with Gasteiger partial charge in [0.25, 0.3) is 0 Å². The summed E-state index contributed by atoms with van der Waals surface area (Å²) in [6.07, 6.45) is 3.73. The predicted molar refractivity (Wildman–Crippen MR) is 70.2 cm³/mol. The number of hydrogen-bond donors (Lipinski definition) is 1. The van der Waals surface area contributed by atoms with Crippen LogP contribution in [0.2, 0.25) is 0 Å². The van der Waals surface area contributed by atoms with E-state index in [1.807, 2.05) is 6.92 Å². The lowest BCUT2D eigenvalue weighted by atomic mass is 10.0. The zero-order valence-corrected chi connectivity index (χ0v) is 12.4. The molecule has 0 rings (SSSR count). The maximum absolute atomic E-state index is 12.4. The van der Waals surface area contributed by atoms with E-state index in [1.54, 1.807) is 13.8 Å². The van der Waals surface area contributed by atoms with E-state index in [2.05, 4.69) is 6.92 Å². The van der Waals surface area contributed by atoms with Crippen molar-refractivity contribution in [1.29, 1.82) is 0 Å². The van der Waals surface area contributed by atoms with Gasteiger partial charge in [-0.05, 0) is 26.2 Å². The van der Waals surface area contributed by atoms with Crippen LogP contribution in [0.25, 0.3) is 0 Å². The summed E-state index contributed by atoms with van der Waals surface area (Å²) in [5.74, 6) is -1.02. The first-order valence-electron chi connectivity index (χ1n) is 6.62. The zero-order chi connectivity index (χ0) is 13.3. The highest BCUT2D eigenvalue weighted by atomic mass is 31.2. The van der Waals surface area contributed by atoms with E-state index in [4.69, 9.17) is 9.05 Å². The van der Waals surface area contributed by atoms with Crippen molar-refractivity contribution >= 4 is 7.60 Å². The molecule has 104 valence electrons. The van der Waals surface area contributed by atoms with Crippen molar-refractivity contribution in [2.75, 3.05) is 13.2 Å².